The minimum atomic E-state index is -2.35. The van der Waals surface area contributed by atoms with Crippen molar-refractivity contribution in [3.63, 3.8) is 0 Å². The number of ether oxygens (including phenoxy) is 1. The van der Waals surface area contributed by atoms with Crippen molar-refractivity contribution in [2.75, 3.05) is 52.4 Å². The summed E-state index contributed by atoms with van der Waals surface area (Å²) in [5.74, 6) is -1.05. The van der Waals surface area contributed by atoms with Crippen LogP contribution in [0.5, 0.6) is 11.5 Å². The molecule has 9 rings (SSSR count). The molecule has 0 bridgehead atoms. The number of H-pyrrole nitrogens is 1. The van der Waals surface area contributed by atoms with Crippen molar-refractivity contribution in [1.29, 1.82) is 0 Å². The number of aliphatic carboxylic acids is 1. The SMILES string of the molecule is O=C(COc1cccc([C@@](O)(C(=O)O)c2ccccc2CC2CCN(Cc3ccccc3)CC2)c1)N1C[C@H]2CCN(C(=O)c3ccc(CCNC[C@H](O)c4ccc(O)c5[nH]c(=O)ccc45)cc3)[C@H]2C1. The van der Waals surface area contributed by atoms with E-state index in [-0.39, 0.29) is 65.1 Å². The van der Waals surface area contributed by atoms with Crippen molar-refractivity contribution in [2.24, 2.45) is 11.8 Å². The zero-order valence-corrected chi connectivity index (χ0v) is 38.5. The average molecular weight is 934 g/mol. The Labute approximate surface area is 400 Å². The molecule has 4 atom stereocenters. The third kappa shape index (κ3) is 10.4. The largest absolute Gasteiger partial charge is 0.506 e. The number of benzene rings is 5. The highest BCUT2D eigenvalue weighted by molar-refractivity contribution is 5.95. The molecule has 0 unspecified atom stereocenters. The van der Waals surface area contributed by atoms with Crippen LogP contribution < -0.4 is 15.6 Å². The third-order valence-corrected chi connectivity index (χ3v) is 14.4. The van der Waals surface area contributed by atoms with Gasteiger partial charge in [0, 0.05) is 66.8 Å². The number of rotatable bonds is 17. The Balaban J connectivity index is 0.758. The molecule has 3 saturated heterocycles. The highest BCUT2D eigenvalue weighted by atomic mass is 16.5. The van der Waals surface area contributed by atoms with E-state index in [2.05, 4.69) is 39.5 Å². The Morgan fingerprint density at radius 1 is 0.826 bits per heavy atom. The van der Waals surface area contributed by atoms with Crippen LogP contribution in [0.25, 0.3) is 10.9 Å². The second-order valence-corrected chi connectivity index (χ2v) is 18.8. The van der Waals surface area contributed by atoms with Crippen LogP contribution in [0, 0.1) is 11.8 Å². The van der Waals surface area contributed by atoms with Crippen molar-refractivity contribution in [3.05, 3.63) is 177 Å². The average Bonchev–Trinajstić information content (AvgIpc) is 3.98. The normalized spacial score (nSPS) is 18.8. The maximum absolute atomic E-state index is 13.8. The number of aromatic hydroxyl groups is 1. The lowest BCUT2D eigenvalue weighted by molar-refractivity contribution is -0.155. The smallest absolute Gasteiger partial charge is 0.345 e. The fraction of sp³-hybridized carbons (Fsp3) is 0.345. The maximum atomic E-state index is 13.8. The van der Waals surface area contributed by atoms with Gasteiger partial charge in [0.2, 0.25) is 11.2 Å². The van der Waals surface area contributed by atoms with Crippen molar-refractivity contribution >= 4 is 28.7 Å². The summed E-state index contributed by atoms with van der Waals surface area (Å²) in [6, 6.07) is 37.4. The van der Waals surface area contributed by atoms with Crippen LogP contribution in [0.2, 0.25) is 0 Å². The number of likely N-dealkylation sites (tertiary alicyclic amines) is 3. The van der Waals surface area contributed by atoms with Crippen molar-refractivity contribution in [1.82, 2.24) is 25.0 Å². The lowest BCUT2D eigenvalue weighted by Gasteiger charge is -2.33. The molecule has 4 heterocycles. The van der Waals surface area contributed by atoms with E-state index in [0.29, 0.717) is 67.0 Å². The molecule has 3 aliphatic rings. The molecule has 5 aromatic carbocycles. The fourth-order valence-electron chi connectivity index (χ4n) is 10.5. The van der Waals surface area contributed by atoms with Gasteiger partial charge in [-0.1, -0.05) is 84.9 Å². The second-order valence-electron chi connectivity index (χ2n) is 18.8. The summed E-state index contributed by atoms with van der Waals surface area (Å²) in [5.41, 5.74) is 2.29. The number of carboxylic acid groups (broad SMARTS) is 1. The van der Waals surface area contributed by atoms with Gasteiger partial charge >= 0.3 is 5.97 Å². The molecule has 0 radical (unpaired) electrons. The molecule has 14 heteroatoms. The van der Waals surface area contributed by atoms with Crippen molar-refractivity contribution in [2.45, 2.75) is 56.4 Å². The van der Waals surface area contributed by atoms with Gasteiger partial charge in [0.25, 0.3) is 11.8 Å². The fourth-order valence-corrected chi connectivity index (χ4v) is 10.5. The van der Waals surface area contributed by atoms with Crippen LogP contribution in [0.3, 0.4) is 0 Å². The van der Waals surface area contributed by atoms with Gasteiger partial charge in [-0.15, -0.1) is 0 Å². The minimum absolute atomic E-state index is 0.0638. The first-order chi connectivity index (χ1) is 33.4. The first-order valence-electron chi connectivity index (χ1n) is 23.9. The van der Waals surface area contributed by atoms with E-state index in [4.69, 9.17) is 4.74 Å². The van der Waals surface area contributed by atoms with Crippen LogP contribution in [0.15, 0.2) is 132 Å². The standard InChI is InChI=1S/C55H59N5O9/c61-48-19-17-44(45-18-20-50(63)57-52(45)48)49(62)31-56-25-21-36-13-15-39(16-14-36)53(65)60-28-24-41-33-59(34-47(41)60)51(64)35-69-43-11-6-10-42(30-43)55(68,54(66)67)46-12-5-4-9-40(46)29-37-22-26-58(27-23-37)32-38-7-2-1-3-8-38/h1-20,30,37,41,47,49,56,61-62,68H,21-29,31-35H2,(H,57,63)(H,66,67)/t41-,47+,49+,55+/m1/s1. The van der Waals surface area contributed by atoms with Gasteiger partial charge in [0.1, 0.15) is 11.5 Å². The number of nitrogens with one attached hydrogen (secondary N) is 2. The number of amides is 2. The number of aliphatic hydroxyl groups excluding tert-OH is 1. The highest BCUT2D eigenvalue weighted by Crippen LogP contribution is 2.37. The number of carbonyl (C=O) groups is 3. The number of aromatic amines is 1. The van der Waals surface area contributed by atoms with E-state index in [1.54, 1.807) is 47.4 Å². The molecule has 2 amide bonds. The monoisotopic (exact) mass is 933 g/mol. The quantitative estimate of drug-likeness (QED) is 0.0621. The van der Waals surface area contributed by atoms with Crippen LogP contribution in [0.1, 0.15) is 69.1 Å². The molecular formula is C55H59N5O9. The summed E-state index contributed by atoms with van der Waals surface area (Å²) in [4.78, 5) is 60.9. The van der Waals surface area contributed by atoms with Gasteiger partial charge in [0.05, 0.1) is 17.7 Å². The van der Waals surface area contributed by atoms with E-state index in [0.717, 1.165) is 50.0 Å². The molecule has 0 aliphatic carbocycles. The number of piperidine rings is 1. The van der Waals surface area contributed by atoms with E-state index >= 15 is 0 Å². The molecule has 1 aromatic heterocycles. The number of carboxylic acids is 1. The molecule has 69 heavy (non-hydrogen) atoms. The Kier molecular flexibility index (Phi) is 14.2. The van der Waals surface area contributed by atoms with Crippen LogP contribution in [-0.4, -0.2) is 116 Å². The predicted molar refractivity (Wildman–Crippen MR) is 261 cm³/mol. The summed E-state index contributed by atoms with van der Waals surface area (Å²) in [6.07, 6.45) is 3.15. The van der Waals surface area contributed by atoms with Gasteiger partial charge in [-0.25, -0.2) is 4.79 Å². The Hall–Kier alpha value is -6.84. The number of hydrogen-bond acceptors (Lipinski definition) is 10. The summed E-state index contributed by atoms with van der Waals surface area (Å²) >= 11 is 0. The van der Waals surface area contributed by atoms with Gasteiger partial charge < -0.3 is 45.3 Å². The van der Waals surface area contributed by atoms with Gasteiger partial charge in [-0.2, -0.15) is 0 Å². The Morgan fingerprint density at radius 2 is 1.59 bits per heavy atom. The summed E-state index contributed by atoms with van der Waals surface area (Å²) < 4.78 is 5.99. The number of carbonyl (C=O) groups excluding carboxylic acids is 2. The molecule has 6 aromatic rings. The minimum Gasteiger partial charge on any atom is -0.506 e. The number of nitrogens with zero attached hydrogens (tertiary/aromatic N) is 3. The first-order valence-corrected chi connectivity index (χ1v) is 23.9. The molecule has 0 spiro atoms. The lowest BCUT2D eigenvalue weighted by atomic mass is 9.80. The van der Waals surface area contributed by atoms with E-state index in [1.165, 1.54) is 23.8 Å². The number of phenols is 1. The molecule has 6 N–H and O–H groups in total. The molecule has 358 valence electrons. The molecule has 3 aliphatic heterocycles. The number of fused-ring (bicyclic) bond motifs is 2. The second kappa shape index (κ2) is 20.8. The molecule has 14 nitrogen and oxygen atoms in total. The summed E-state index contributed by atoms with van der Waals surface area (Å²) in [6.45, 7) is 4.82. The number of aliphatic hydroxyl groups is 2. The van der Waals surface area contributed by atoms with E-state index in [1.807, 2.05) is 47.4 Å². The van der Waals surface area contributed by atoms with Crippen LogP contribution in [-0.2, 0) is 34.6 Å². The zero-order valence-electron chi connectivity index (χ0n) is 38.5. The van der Waals surface area contributed by atoms with Crippen molar-refractivity contribution in [3.8, 4) is 11.5 Å². The van der Waals surface area contributed by atoms with Gasteiger partial charge in [-0.05, 0) is 116 Å². The topological polar surface area (TPSA) is 196 Å². The number of pyridine rings is 1. The van der Waals surface area contributed by atoms with Crippen molar-refractivity contribution < 1.29 is 39.5 Å². The van der Waals surface area contributed by atoms with E-state index < -0.39 is 17.7 Å². The number of phenolic OH excluding ortho intramolecular Hbond substituents is 1. The third-order valence-electron chi connectivity index (χ3n) is 14.4. The first kappa shape index (κ1) is 47.2. The van der Waals surface area contributed by atoms with Gasteiger partial charge in [-0.3, -0.25) is 19.3 Å². The highest BCUT2D eigenvalue weighted by Gasteiger charge is 2.45. The van der Waals surface area contributed by atoms with Crippen LogP contribution in [0.4, 0.5) is 0 Å². The molecular weight excluding hydrogens is 875 g/mol. The molecule has 3 fully saturated rings. The predicted octanol–water partition coefficient (Wildman–Crippen LogP) is 5.63. The number of hydrogen-bond donors (Lipinski definition) is 6. The summed E-state index contributed by atoms with van der Waals surface area (Å²) in [5, 5.41) is 47.6. The maximum Gasteiger partial charge on any atom is 0.345 e. The lowest BCUT2D eigenvalue weighted by Crippen LogP contribution is -2.41. The van der Waals surface area contributed by atoms with Gasteiger partial charge in [0.15, 0.2) is 6.61 Å². The zero-order chi connectivity index (χ0) is 48.1. The van der Waals surface area contributed by atoms with E-state index in [9.17, 15) is 39.6 Å². The number of aromatic nitrogens is 1. The Morgan fingerprint density at radius 3 is 2.38 bits per heavy atom. The molecule has 0 saturated carbocycles. The van der Waals surface area contributed by atoms with Crippen LogP contribution >= 0.6 is 0 Å². The summed E-state index contributed by atoms with van der Waals surface area (Å²) in [7, 11) is 0. The Bertz CT molecular complexity index is 2850.